The van der Waals surface area contributed by atoms with E-state index in [2.05, 4.69) is 15.0 Å². The number of hydrogen-bond donors (Lipinski definition) is 1. The maximum Gasteiger partial charge on any atom is 0.490 e. The first-order valence-corrected chi connectivity index (χ1v) is 8.70. The molecule has 146 valence electrons. The Morgan fingerprint density at radius 3 is 2.58 bits per heavy atom. The maximum absolute atomic E-state index is 10.6. The molecule has 0 radical (unpaired) electrons. The molecule has 4 rings (SSSR count). The molecule has 2 saturated heterocycles. The van der Waals surface area contributed by atoms with E-state index >= 15 is 0 Å². The normalized spacial score (nSPS) is 29.0. The zero-order valence-electron chi connectivity index (χ0n) is 14.4. The highest BCUT2D eigenvalue weighted by Crippen LogP contribution is 2.41. The molecule has 3 fully saturated rings. The van der Waals surface area contributed by atoms with Crippen molar-refractivity contribution in [3.63, 3.8) is 0 Å². The SMILES string of the molecule is Cc1noc([C@@H]2C[C@@H]3CCN(CC4CC4)C[C@H]3O2)n1.O=C(O)C(F)(F)F. The van der Waals surface area contributed by atoms with Crippen LogP contribution in [0.25, 0.3) is 0 Å². The monoisotopic (exact) mass is 377 g/mol. The number of aryl methyl sites for hydroxylation is 1. The highest BCUT2D eigenvalue weighted by molar-refractivity contribution is 5.73. The van der Waals surface area contributed by atoms with Crippen LogP contribution >= 0.6 is 0 Å². The first-order valence-electron chi connectivity index (χ1n) is 8.70. The molecule has 3 heterocycles. The van der Waals surface area contributed by atoms with Gasteiger partial charge < -0.3 is 19.3 Å². The van der Waals surface area contributed by atoms with Crippen molar-refractivity contribution in [1.82, 2.24) is 15.0 Å². The van der Waals surface area contributed by atoms with Gasteiger partial charge in [0.15, 0.2) is 5.82 Å². The van der Waals surface area contributed by atoms with Crippen molar-refractivity contribution in [1.29, 1.82) is 0 Å². The van der Waals surface area contributed by atoms with E-state index in [0.29, 0.717) is 23.7 Å². The second-order valence-corrected chi connectivity index (χ2v) is 7.13. The molecule has 1 saturated carbocycles. The molecule has 3 aliphatic rings. The minimum absolute atomic E-state index is 0.0251. The van der Waals surface area contributed by atoms with Crippen LogP contribution in [0.5, 0.6) is 0 Å². The third kappa shape index (κ3) is 4.94. The van der Waals surface area contributed by atoms with Crippen LogP contribution in [0.3, 0.4) is 0 Å². The lowest BCUT2D eigenvalue weighted by atomic mass is 9.91. The van der Waals surface area contributed by atoms with Crippen LogP contribution in [0.4, 0.5) is 13.2 Å². The molecule has 1 aromatic heterocycles. The minimum atomic E-state index is -5.08. The van der Waals surface area contributed by atoms with E-state index in [4.69, 9.17) is 19.2 Å². The molecule has 1 aliphatic carbocycles. The Hall–Kier alpha value is -1.68. The summed E-state index contributed by atoms with van der Waals surface area (Å²) in [7, 11) is 0. The third-order valence-corrected chi connectivity index (χ3v) is 4.91. The summed E-state index contributed by atoms with van der Waals surface area (Å²) in [5.41, 5.74) is 0. The molecule has 0 bridgehead atoms. The minimum Gasteiger partial charge on any atom is -0.475 e. The number of nitrogens with zero attached hydrogens (tertiary/aromatic N) is 3. The summed E-state index contributed by atoms with van der Waals surface area (Å²) < 4.78 is 43.2. The maximum atomic E-state index is 10.6. The Kier molecular flexibility index (Phi) is 5.52. The van der Waals surface area contributed by atoms with Crippen molar-refractivity contribution in [2.24, 2.45) is 11.8 Å². The molecule has 1 aromatic rings. The first kappa shape index (κ1) is 19.1. The number of aliphatic carboxylic acids is 1. The van der Waals surface area contributed by atoms with Crippen LogP contribution in [-0.4, -0.2) is 58.0 Å². The fraction of sp³-hybridized carbons (Fsp3) is 0.812. The summed E-state index contributed by atoms with van der Waals surface area (Å²) in [6, 6.07) is 0. The van der Waals surface area contributed by atoms with Gasteiger partial charge in [0.05, 0.1) is 6.10 Å². The number of likely N-dealkylation sites (tertiary alicyclic amines) is 1. The summed E-state index contributed by atoms with van der Waals surface area (Å²) in [5.74, 6) is 0.247. The van der Waals surface area contributed by atoms with Crippen LogP contribution in [0.2, 0.25) is 0 Å². The molecular weight excluding hydrogens is 355 g/mol. The molecule has 10 heteroatoms. The molecule has 0 amide bonds. The first-order chi connectivity index (χ1) is 12.2. The second-order valence-electron chi connectivity index (χ2n) is 7.13. The Labute approximate surface area is 148 Å². The second kappa shape index (κ2) is 7.51. The number of rotatable bonds is 3. The number of carboxylic acid groups (broad SMARTS) is 1. The Bertz CT molecular complexity index is 633. The Balaban J connectivity index is 0.000000242. The van der Waals surface area contributed by atoms with Gasteiger partial charge >= 0.3 is 12.1 Å². The van der Waals surface area contributed by atoms with E-state index in [-0.39, 0.29) is 6.10 Å². The lowest BCUT2D eigenvalue weighted by Crippen LogP contribution is -2.43. The summed E-state index contributed by atoms with van der Waals surface area (Å²) in [4.78, 5) is 15.8. The van der Waals surface area contributed by atoms with Gasteiger partial charge in [0.2, 0.25) is 0 Å². The topological polar surface area (TPSA) is 88.7 Å². The van der Waals surface area contributed by atoms with E-state index in [1.807, 2.05) is 6.92 Å². The van der Waals surface area contributed by atoms with Crippen molar-refractivity contribution in [3.8, 4) is 0 Å². The molecular formula is C16H22F3N3O4. The number of piperidine rings is 1. The number of hydrogen-bond acceptors (Lipinski definition) is 6. The van der Waals surface area contributed by atoms with Gasteiger partial charge in [0.1, 0.15) is 6.10 Å². The quantitative estimate of drug-likeness (QED) is 0.866. The Morgan fingerprint density at radius 2 is 2.04 bits per heavy atom. The standard InChI is InChI=1S/C14H21N3O2.C2HF3O2/c1-9-15-14(19-16-9)12-6-11-4-5-17(7-10-2-3-10)8-13(11)18-12;3-2(4,5)1(6)7/h10-13H,2-8H2,1H3;(H,6,7)/t11-,12-,13+;/m0./s1. The smallest absolute Gasteiger partial charge is 0.475 e. The van der Waals surface area contributed by atoms with Crippen molar-refractivity contribution in [2.45, 2.75) is 51.0 Å². The summed E-state index contributed by atoms with van der Waals surface area (Å²) in [6.07, 6.45) is 0.455. The lowest BCUT2D eigenvalue weighted by molar-refractivity contribution is -0.192. The number of aromatic nitrogens is 2. The number of carbonyl (C=O) groups is 1. The van der Waals surface area contributed by atoms with Crippen molar-refractivity contribution >= 4 is 5.97 Å². The predicted octanol–water partition coefficient (Wildman–Crippen LogP) is 2.57. The molecule has 7 nitrogen and oxygen atoms in total. The average Bonchev–Trinajstić information content (AvgIpc) is 3.09. The van der Waals surface area contributed by atoms with Crippen molar-refractivity contribution in [3.05, 3.63) is 11.7 Å². The lowest BCUT2D eigenvalue weighted by Gasteiger charge is -2.34. The van der Waals surface area contributed by atoms with Gasteiger partial charge in [-0.1, -0.05) is 5.16 Å². The van der Waals surface area contributed by atoms with Gasteiger partial charge in [0, 0.05) is 13.1 Å². The van der Waals surface area contributed by atoms with Crippen LogP contribution in [-0.2, 0) is 9.53 Å². The van der Waals surface area contributed by atoms with Crippen LogP contribution in [0, 0.1) is 18.8 Å². The summed E-state index contributed by atoms with van der Waals surface area (Å²) >= 11 is 0. The van der Waals surface area contributed by atoms with Gasteiger partial charge in [-0.05, 0) is 51.0 Å². The number of carboxylic acids is 1. The van der Waals surface area contributed by atoms with Crippen LogP contribution in [0.15, 0.2) is 4.52 Å². The molecule has 1 N–H and O–H groups in total. The van der Waals surface area contributed by atoms with Crippen molar-refractivity contribution < 1.29 is 32.3 Å². The third-order valence-electron chi connectivity index (χ3n) is 4.91. The van der Waals surface area contributed by atoms with E-state index in [1.54, 1.807) is 0 Å². The van der Waals surface area contributed by atoms with Gasteiger partial charge in [-0.25, -0.2) is 4.79 Å². The number of halogens is 3. The van der Waals surface area contributed by atoms with Crippen LogP contribution < -0.4 is 0 Å². The number of ether oxygens (including phenoxy) is 1. The van der Waals surface area contributed by atoms with E-state index < -0.39 is 12.1 Å². The summed E-state index contributed by atoms with van der Waals surface area (Å²) in [6.45, 7) is 5.45. The molecule has 0 spiro atoms. The van der Waals surface area contributed by atoms with E-state index in [9.17, 15) is 13.2 Å². The van der Waals surface area contributed by atoms with E-state index in [0.717, 1.165) is 18.9 Å². The van der Waals surface area contributed by atoms with Gasteiger partial charge in [-0.3, -0.25) is 0 Å². The zero-order chi connectivity index (χ0) is 18.9. The molecule has 3 atom stereocenters. The highest BCUT2D eigenvalue weighted by atomic mass is 19.4. The Morgan fingerprint density at radius 1 is 1.35 bits per heavy atom. The van der Waals surface area contributed by atoms with Crippen LogP contribution in [0.1, 0.15) is 43.5 Å². The number of fused-ring (bicyclic) bond motifs is 1. The predicted molar refractivity (Wildman–Crippen MR) is 82.2 cm³/mol. The number of alkyl halides is 3. The molecule has 2 aliphatic heterocycles. The van der Waals surface area contributed by atoms with Gasteiger partial charge in [-0.15, -0.1) is 0 Å². The average molecular weight is 377 g/mol. The van der Waals surface area contributed by atoms with Gasteiger partial charge in [0.25, 0.3) is 5.89 Å². The van der Waals surface area contributed by atoms with Gasteiger partial charge in [-0.2, -0.15) is 18.2 Å². The fourth-order valence-corrected chi connectivity index (χ4v) is 3.43. The molecule has 26 heavy (non-hydrogen) atoms. The zero-order valence-corrected chi connectivity index (χ0v) is 14.4. The fourth-order valence-electron chi connectivity index (χ4n) is 3.43. The van der Waals surface area contributed by atoms with E-state index in [1.165, 1.54) is 32.4 Å². The van der Waals surface area contributed by atoms with Crippen molar-refractivity contribution in [2.75, 3.05) is 19.6 Å². The highest BCUT2D eigenvalue weighted by Gasteiger charge is 2.42. The molecule has 0 aromatic carbocycles. The largest absolute Gasteiger partial charge is 0.490 e. The molecule has 0 unspecified atom stereocenters. The summed E-state index contributed by atoms with van der Waals surface area (Å²) in [5, 5.41) is 11.0.